The third-order valence-electron chi connectivity index (χ3n) is 6.50. The van der Waals surface area contributed by atoms with Crippen molar-refractivity contribution in [1.82, 2.24) is 20.2 Å². The Bertz CT molecular complexity index is 1480. The number of amides is 2. The Morgan fingerprint density at radius 2 is 1.86 bits per heavy atom. The van der Waals surface area contributed by atoms with Crippen molar-refractivity contribution in [3.8, 4) is 22.9 Å². The molecule has 0 atom stereocenters. The highest BCUT2D eigenvalue weighted by molar-refractivity contribution is 6.03. The van der Waals surface area contributed by atoms with Crippen LogP contribution in [0.4, 0.5) is 10.1 Å². The molecule has 3 aromatic heterocycles. The van der Waals surface area contributed by atoms with Gasteiger partial charge in [0.2, 0.25) is 6.41 Å². The van der Waals surface area contributed by atoms with E-state index in [-0.39, 0.29) is 11.4 Å². The van der Waals surface area contributed by atoms with Gasteiger partial charge in [0.1, 0.15) is 17.3 Å². The summed E-state index contributed by atoms with van der Waals surface area (Å²) in [6, 6.07) is 11.3. The molecule has 1 aromatic carbocycles. The van der Waals surface area contributed by atoms with E-state index >= 15 is 0 Å². The molecule has 12 heteroatoms. The molecular weight excluding hydrogens is 569 g/mol. The van der Waals surface area contributed by atoms with Crippen LogP contribution in [-0.4, -0.2) is 66.9 Å². The molecule has 234 valence electrons. The molecule has 1 saturated heterocycles. The van der Waals surface area contributed by atoms with Gasteiger partial charge in [-0.25, -0.2) is 4.39 Å². The maximum absolute atomic E-state index is 14.2. The number of hydrogen-bond acceptors (Lipinski definition) is 8. The first-order valence-electron chi connectivity index (χ1n) is 14.1. The Morgan fingerprint density at radius 3 is 2.50 bits per heavy atom. The van der Waals surface area contributed by atoms with E-state index in [1.165, 1.54) is 57.5 Å². The Kier molecular flexibility index (Phi) is 13.6. The van der Waals surface area contributed by atoms with Gasteiger partial charge in [0, 0.05) is 36.6 Å². The van der Waals surface area contributed by atoms with Gasteiger partial charge >= 0.3 is 0 Å². The minimum Gasteiger partial charge on any atom is -0.471 e. The zero-order valence-electron chi connectivity index (χ0n) is 25.1. The van der Waals surface area contributed by atoms with Crippen LogP contribution in [0.3, 0.4) is 0 Å². The molecular formula is C32H38FN5O6. The lowest BCUT2D eigenvalue weighted by Gasteiger charge is -2.13. The third kappa shape index (κ3) is 10.7. The Balaban J connectivity index is 0.000000292. The summed E-state index contributed by atoms with van der Waals surface area (Å²) in [4.78, 5) is 41.1. The lowest BCUT2D eigenvalue weighted by atomic mass is 10.2. The van der Waals surface area contributed by atoms with E-state index in [0.29, 0.717) is 23.5 Å². The molecule has 3 N–H and O–H groups in total. The molecule has 5 rings (SSSR count). The molecule has 11 nitrogen and oxygen atoms in total. The number of pyridine rings is 1. The molecule has 2 amide bonds. The van der Waals surface area contributed by atoms with E-state index in [0.717, 1.165) is 42.9 Å². The Labute approximate surface area is 255 Å². The summed E-state index contributed by atoms with van der Waals surface area (Å²) in [5, 5.41) is 5.18. The molecule has 1 aliphatic heterocycles. The number of halogens is 1. The van der Waals surface area contributed by atoms with Crippen molar-refractivity contribution in [3.63, 3.8) is 0 Å². The highest BCUT2D eigenvalue weighted by Crippen LogP contribution is 2.29. The predicted octanol–water partition coefficient (Wildman–Crippen LogP) is 5.48. The molecule has 0 saturated carbocycles. The number of likely N-dealkylation sites (tertiary alicyclic amines) is 1. The molecule has 0 bridgehead atoms. The van der Waals surface area contributed by atoms with E-state index in [9.17, 15) is 14.0 Å². The summed E-state index contributed by atoms with van der Waals surface area (Å²) >= 11 is 0. The summed E-state index contributed by atoms with van der Waals surface area (Å²) in [6.07, 6.45) is 9.48. The lowest BCUT2D eigenvalue weighted by molar-refractivity contribution is -0.126. The van der Waals surface area contributed by atoms with E-state index in [1.807, 2.05) is 19.2 Å². The van der Waals surface area contributed by atoms with E-state index < -0.39 is 11.7 Å². The topological polar surface area (TPSA) is 139 Å². The van der Waals surface area contributed by atoms with Crippen LogP contribution in [0.15, 0.2) is 65.5 Å². The largest absolute Gasteiger partial charge is 0.471 e. The van der Waals surface area contributed by atoms with Gasteiger partial charge in [-0.2, -0.15) is 0 Å². The van der Waals surface area contributed by atoms with Crippen molar-refractivity contribution in [2.24, 2.45) is 0 Å². The number of nitrogens with one attached hydrogen (secondary N) is 3. The number of aromatic nitrogens is 2. The number of aromatic amines is 1. The first kappa shape index (κ1) is 33.5. The highest BCUT2D eigenvalue weighted by Gasteiger charge is 2.16. The molecule has 1 aliphatic rings. The molecule has 1 fully saturated rings. The molecule has 0 spiro atoms. The van der Waals surface area contributed by atoms with Gasteiger partial charge in [-0.05, 0) is 88.6 Å². The normalized spacial score (nSPS) is 12.2. The zero-order valence-corrected chi connectivity index (χ0v) is 25.1. The van der Waals surface area contributed by atoms with E-state index in [4.69, 9.17) is 13.9 Å². The van der Waals surface area contributed by atoms with Crippen LogP contribution < -0.4 is 15.4 Å². The first-order chi connectivity index (χ1) is 21.3. The summed E-state index contributed by atoms with van der Waals surface area (Å²) in [6.45, 7) is 8.56. The summed E-state index contributed by atoms with van der Waals surface area (Å²) in [5.74, 6) is -0.0644. The number of carbonyl (C=O) groups is 3. The summed E-state index contributed by atoms with van der Waals surface area (Å²) in [5.41, 5.74) is 3.35. The average molecular weight is 608 g/mol. The number of hydrogen-bond donors (Lipinski definition) is 3. The minimum absolute atomic E-state index is 0.00225. The fourth-order valence-corrected chi connectivity index (χ4v) is 4.33. The fourth-order valence-electron chi connectivity index (χ4n) is 4.33. The van der Waals surface area contributed by atoms with E-state index in [1.54, 1.807) is 31.3 Å². The van der Waals surface area contributed by atoms with Crippen molar-refractivity contribution >= 4 is 24.5 Å². The van der Waals surface area contributed by atoms with Gasteiger partial charge in [0.05, 0.1) is 30.4 Å². The van der Waals surface area contributed by atoms with Crippen LogP contribution >= 0.6 is 0 Å². The van der Waals surface area contributed by atoms with Crippen molar-refractivity contribution in [3.05, 3.63) is 83.8 Å². The van der Waals surface area contributed by atoms with Crippen molar-refractivity contribution in [1.29, 1.82) is 0 Å². The number of carbonyl (C=O) groups excluding carboxylic acids is 3. The van der Waals surface area contributed by atoms with Gasteiger partial charge in [0.15, 0.2) is 5.76 Å². The van der Waals surface area contributed by atoms with Gasteiger partial charge in [-0.15, -0.1) is 0 Å². The van der Waals surface area contributed by atoms with Crippen LogP contribution in [0.1, 0.15) is 40.9 Å². The Hall–Kier alpha value is -4.97. The number of benzene rings is 1. The standard InChI is InChI=1S/C22H18FN3O3.C8H16N2O.C2H4O2/c1-13-9-19(25-12-13)20-11-16(5-7-24-20)29-15-3-4-17(23)18(10-15)26-22(27)21-14(2)6-8-28-21;11-8-9-4-3-7-10-5-1-2-6-10;1-4-2-3/h3-12,25H,1-2H3,(H,26,27);8H,1-7H2,(H,9,11);2H,1H3. The number of methoxy groups -OCH3 is 1. The van der Waals surface area contributed by atoms with Crippen LogP contribution in [0.5, 0.6) is 11.5 Å². The highest BCUT2D eigenvalue weighted by atomic mass is 19.1. The molecule has 4 heterocycles. The van der Waals surface area contributed by atoms with Crippen LogP contribution in [0.25, 0.3) is 11.4 Å². The third-order valence-corrected chi connectivity index (χ3v) is 6.50. The van der Waals surface area contributed by atoms with Gasteiger partial charge in [-0.1, -0.05) is 0 Å². The molecule has 0 unspecified atom stereocenters. The number of furan rings is 1. The Morgan fingerprint density at radius 1 is 1.11 bits per heavy atom. The van der Waals surface area contributed by atoms with Crippen molar-refractivity contribution < 1.29 is 32.7 Å². The number of anilines is 1. The van der Waals surface area contributed by atoms with Gasteiger partial charge < -0.3 is 34.4 Å². The second-order valence-corrected chi connectivity index (χ2v) is 9.90. The van der Waals surface area contributed by atoms with Gasteiger partial charge in [-0.3, -0.25) is 19.4 Å². The molecule has 0 aliphatic carbocycles. The SMILES string of the molecule is COC=O.Cc1c[nH]c(-c2cc(Oc3ccc(F)c(NC(=O)c4occc4C)c3)ccn2)c1.O=CNCCCN1CCCC1. The monoisotopic (exact) mass is 607 g/mol. The maximum atomic E-state index is 14.2. The van der Waals surface area contributed by atoms with Crippen molar-refractivity contribution in [2.45, 2.75) is 33.1 Å². The molecule has 4 aromatic rings. The maximum Gasteiger partial charge on any atom is 0.292 e. The van der Waals surface area contributed by atoms with Crippen LogP contribution in [0.2, 0.25) is 0 Å². The quantitative estimate of drug-likeness (QED) is 0.151. The lowest BCUT2D eigenvalue weighted by Crippen LogP contribution is -2.24. The number of rotatable bonds is 11. The molecule has 0 radical (unpaired) electrons. The summed E-state index contributed by atoms with van der Waals surface area (Å²) < 4.78 is 29.0. The predicted molar refractivity (Wildman–Crippen MR) is 164 cm³/mol. The van der Waals surface area contributed by atoms with Crippen molar-refractivity contribution in [2.75, 3.05) is 38.6 Å². The number of aryl methyl sites for hydroxylation is 2. The average Bonchev–Trinajstić information content (AvgIpc) is 3.81. The van der Waals surface area contributed by atoms with Gasteiger partial charge in [0.25, 0.3) is 12.4 Å². The minimum atomic E-state index is -0.577. The number of nitrogens with zero attached hydrogens (tertiary/aromatic N) is 2. The first-order valence-corrected chi connectivity index (χ1v) is 14.1. The number of ether oxygens (including phenoxy) is 2. The fraction of sp³-hybridized carbons (Fsp3) is 0.312. The zero-order chi connectivity index (χ0) is 31.7. The summed E-state index contributed by atoms with van der Waals surface area (Å²) in [7, 11) is 1.31. The molecule has 44 heavy (non-hydrogen) atoms. The second-order valence-electron chi connectivity index (χ2n) is 9.90. The number of H-pyrrole nitrogens is 1. The van der Waals surface area contributed by atoms with Crippen LogP contribution in [0, 0.1) is 19.7 Å². The van der Waals surface area contributed by atoms with Crippen LogP contribution in [-0.2, 0) is 14.3 Å². The smallest absolute Gasteiger partial charge is 0.292 e. The second kappa shape index (κ2) is 17.9. The van der Waals surface area contributed by atoms with E-state index in [2.05, 4.69) is 30.2 Å².